The maximum atomic E-state index is 5.47. The summed E-state index contributed by atoms with van der Waals surface area (Å²) < 4.78 is 11.9. The minimum atomic E-state index is 0.711. The van der Waals surface area contributed by atoms with Crippen molar-refractivity contribution >= 4 is 49.0 Å². The topological polar surface area (TPSA) is 56.3 Å². The van der Waals surface area contributed by atoms with Crippen molar-refractivity contribution in [2.75, 3.05) is 19.5 Å². The zero-order chi connectivity index (χ0) is 18.8. The number of nitrogens with zero attached hydrogens (tertiary/aromatic N) is 2. The van der Waals surface area contributed by atoms with E-state index in [1.54, 1.807) is 31.9 Å². The summed E-state index contributed by atoms with van der Waals surface area (Å²) in [7, 11) is 3.28. The number of ether oxygens (including phenoxy) is 2. The van der Waals surface area contributed by atoms with E-state index in [4.69, 9.17) is 9.47 Å². The van der Waals surface area contributed by atoms with Gasteiger partial charge in [0.1, 0.15) is 28.5 Å². The van der Waals surface area contributed by atoms with Crippen molar-refractivity contribution in [3.05, 3.63) is 58.6 Å². The van der Waals surface area contributed by atoms with Crippen LogP contribution in [0.4, 0.5) is 11.5 Å². The first-order valence-corrected chi connectivity index (χ1v) is 9.84. The van der Waals surface area contributed by atoms with Crippen LogP contribution in [-0.2, 0) is 0 Å². The molecule has 0 aliphatic heterocycles. The van der Waals surface area contributed by atoms with Crippen molar-refractivity contribution < 1.29 is 9.47 Å². The number of nitrogens with one attached hydrogen (secondary N) is 1. The Hall–Kier alpha value is -2.64. The molecular weight excluding hydrogens is 426 g/mol. The number of rotatable bonds is 5. The van der Waals surface area contributed by atoms with E-state index in [2.05, 4.69) is 48.7 Å². The minimum absolute atomic E-state index is 0.711. The van der Waals surface area contributed by atoms with Gasteiger partial charge >= 0.3 is 0 Å². The molecule has 0 saturated carbocycles. The van der Waals surface area contributed by atoms with E-state index in [0.717, 1.165) is 43.1 Å². The molecule has 0 spiro atoms. The van der Waals surface area contributed by atoms with Crippen LogP contribution in [0.25, 0.3) is 21.3 Å². The van der Waals surface area contributed by atoms with Gasteiger partial charge in [0.15, 0.2) is 0 Å². The second-order valence-corrected chi connectivity index (χ2v) is 7.52. The molecule has 0 atom stereocenters. The molecule has 1 N–H and O–H groups in total. The number of methoxy groups -OCH3 is 2. The zero-order valence-electron chi connectivity index (χ0n) is 14.7. The SMILES string of the molecule is COc1ccc(OC)c(Nc2ncnc3scc(-c4ccc(Br)cc4)c23)c1. The average Bonchev–Trinajstić information content (AvgIpc) is 3.14. The van der Waals surface area contributed by atoms with Crippen LogP contribution in [0.15, 0.2) is 58.6 Å². The van der Waals surface area contributed by atoms with Crippen molar-refractivity contribution in [1.29, 1.82) is 0 Å². The minimum Gasteiger partial charge on any atom is -0.497 e. The predicted octanol–water partition coefficient (Wildman–Crippen LogP) is 5.88. The molecule has 0 fully saturated rings. The number of thiophene rings is 1. The van der Waals surface area contributed by atoms with Gasteiger partial charge in [0.25, 0.3) is 0 Å². The van der Waals surface area contributed by atoms with Crippen LogP contribution in [0.5, 0.6) is 11.5 Å². The molecule has 2 heterocycles. The molecule has 0 unspecified atom stereocenters. The van der Waals surface area contributed by atoms with Gasteiger partial charge in [-0.05, 0) is 29.8 Å². The van der Waals surface area contributed by atoms with E-state index >= 15 is 0 Å². The molecular formula is C20H16BrN3O2S. The van der Waals surface area contributed by atoms with E-state index in [-0.39, 0.29) is 0 Å². The second kappa shape index (κ2) is 7.54. The molecule has 2 aromatic heterocycles. The Morgan fingerprint density at radius 1 is 1.00 bits per heavy atom. The Morgan fingerprint density at radius 3 is 2.56 bits per heavy atom. The molecule has 5 nitrogen and oxygen atoms in total. The van der Waals surface area contributed by atoms with Crippen LogP contribution in [0.1, 0.15) is 0 Å². The first-order chi connectivity index (χ1) is 13.2. The summed E-state index contributed by atoms with van der Waals surface area (Å²) in [5, 5.41) is 6.48. The third-order valence-corrected chi connectivity index (χ3v) is 5.60. The summed E-state index contributed by atoms with van der Waals surface area (Å²) in [5.41, 5.74) is 2.98. The number of halogens is 1. The van der Waals surface area contributed by atoms with Crippen molar-refractivity contribution in [2.24, 2.45) is 0 Å². The smallest absolute Gasteiger partial charge is 0.143 e. The lowest BCUT2D eigenvalue weighted by Gasteiger charge is -2.13. The number of aromatic nitrogens is 2. The highest BCUT2D eigenvalue weighted by Gasteiger charge is 2.15. The lowest BCUT2D eigenvalue weighted by Crippen LogP contribution is -1.99. The van der Waals surface area contributed by atoms with Gasteiger partial charge in [0.2, 0.25) is 0 Å². The quantitative estimate of drug-likeness (QED) is 0.418. The highest BCUT2D eigenvalue weighted by molar-refractivity contribution is 9.10. The number of benzene rings is 2. The zero-order valence-corrected chi connectivity index (χ0v) is 17.1. The fourth-order valence-corrected chi connectivity index (χ4v) is 4.03. The van der Waals surface area contributed by atoms with Crippen LogP contribution < -0.4 is 14.8 Å². The first-order valence-electron chi connectivity index (χ1n) is 8.17. The molecule has 136 valence electrons. The maximum Gasteiger partial charge on any atom is 0.143 e. The second-order valence-electron chi connectivity index (χ2n) is 5.75. The Morgan fingerprint density at radius 2 is 1.81 bits per heavy atom. The third kappa shape index (κ3) is 3.48. The molecule has 0 saturated heterocycles. The molecule has 2 aromatic carbocycles. The van der Waals surface area contributed by atoms with E-state index < -0.39 is 0 Å². The Labute approximate surface area is 169 Å². The van der Waals surface area contributed by atoms with Crippen molar-refractivity contribution in [3.8, 4) is 22.6 Å². The van der Waals surface area contributed by atoms with E-state index in [1.807, 2.05) is 30.3 Å². The van der Waals surface area contributed by atoms with Gasteiger partial charge in [-0.1, -0.05) is 28.1 Å². The molecule has 4 aromatic rings. The van der Waals surface area contributed by atoms with Crippen molar-refractivity contribution in [2.45, 2.75) is 0 Å². The molecule has 27 heavy (non-hydrogen) atoms. The molecule has 0 amide bonds. The standard InChI is InChI=1S/C20H16BrN3O2S/c1-25-14-7-8-17(26-2)16(9-14)24-19-18-15(10-27-20(18)23-11-22-19)12-3-5-13(21)6-4-12/h3-11H,1-2H3,(H,22,23,24). The normalized spacial score (nSPS) is 10.8. The molecule has 0 aliphatic rings. The predicted molar refractivity (Wildman–Crippen MR) is 113 cm³/mol. The van der Waals surface area contributed by atoms with Crippen molar-refractivity contribution in [3.63, 3.8) is 0 Å². The van der Waals surface area contributed by atoms with Crippen LogP contribution in [0, 0.1) is 0 Å². The average molecular weight is 442 g/mol. The monoisotopic (exact) mass is 441 g/mol. The number of fused-ring (bicyclic) bond motifs is 1. The summed E-state index contributed by atoms with van der Waals surface area (Å²) in [5.74, 6) is 2.18. The summed E-state index contributed by atoms with van der Waals surface area (Å²) in [6.45, 7) is 0. The van der Waals surface area contributed by atoms with Crippen LogP contribution in [-0.4, -0.2) is 24.2 Å². The summed E-state index contributed by atoms with van der Waals surface area (Å²) in [6.07, 6.45) is 1.57. The Bertz CT molecular complexity index is 1100. The highest BCUT2D eigenvalue weighted by Crippen LogP contribution is 2.39. The molecule has 0 aliphatic carbocycles. The highest BCUT2D eigenvalue weighted by atomic mass is 79.9. The van der Waals surface area contributed by atoms with Crippen molar-refractivity contribution in [1.82, 2.24) is 9.97 Å². The van der Waals surface area contributed by atoms with Crippen LogP contribution >= 0.6 is 27.3 Å². The molecule has 0 bridgehead atoms. The van der Waals surface area contributed by atoms with Gasteiger partial charge in [0.05, 0.1) is 25.3 Å². The Kier molecular flexibility index (Phi) is 4.96. The molecule has 4 rings (SSSR count). The largest absolute Gasteiger partial charge is 0.497 e. The van der Waals surface area contributed by atoms with E-state index in [0.29, 0.717) is 5.75 Å². The number of hydrogen-bond donors (Lipinski definition) is 1. The van der Waals surface area contributed by atoms with Gasteiger partial charge < -0.3 is 14.8 Å². The van der Waals surface area contributed by atoms with Gasteiger partial charge in [-0.2, -0.15) is 0 Å². The third-order valence-electron chi connectivity index (χ3n) is 4.19. The number of anilines is 2. The first kappa shape index (κ1) is 17.8. The lowest BCUT2D eigenvalue weighted by atomic mass is 10.1. The van der Waals surface area contributed by atoms with Crippen LogP contribution in [0.2, 0.25) is 0 Å². The molecule has 0 radical (unpaired) electrons. The fourth-order valence-electron chi connectivity index (χ4n) is 2.85. The van der Waals surface area contributed by atoms with Crippen LogP contribution in [0.3, 0.4) is 0 Å². The van der Waals surface area contributed by atoms with Gasteiger partial charge in [-0.15, -0.1) is 11.3 Å². The van der Waals surface area contributed by atoms with E-state index in [9.17, 15) is 0 Å². The van der Waals surface area contributed by atoms with Gasteiger partial charge in [-0.3, -0.25) is 0 Å². The Balaban J connectivity index is 1.83. The number of hydrogen-bond acceptors (Lipinski definition) is 6. The molecule has 7 heteroatoms. The summed E-state index contributed by atoms with van der Waals surface area (Å²) in [4.78, 5) is 9.84. The fraction of sp³-hybridized carbons (Fsp3) is 0.100. The maximum absolute atomic E-state index is 5.47. The van der Waals surface area contributed by atoms with Gasteiger partial charge in [0, 0.05) is 21.5 Å². The van der Waals surface area contributed by atoms with E-state index in [1.165, 1.54) is 0 Å². The summed E-state index contributed by atoms with van der Waals surface area (Å²) in [6, 6.07) is 13.8. The summed E-state index contributed by atoms with van der Waals surface area (Å²) >= 11 is 5.08. The van der Waals surface area contributed by atoms with Gasteiger partial charge in [-0.25, -0.2) is 9.97 Å². The lowest BCUT2D eigenvalue weighted by molar-refractivity contribution is 0.405.